The molecule has 10 heavy (non-hydrogen) atoms. The first kappa shape index (κ1) is 9.36. The van der Waals surface area contributed by atoms with E-state index in [9.17, 15) is 9.18 Å². The van der Waals surface area contributed by atoms with E-state index in [0.717, 1.165) is 0 Å². The van der Waals surface area contributed by atoms with Crippen molar-refractivity contribution in [2.24, 2.45) is 5.73 Å². The number of ether oxygens (including phenoxy) is 1. The van der Waals surface area contributed by atoms with Crippen LogP contribution in [0.25, 0.3) is 0 Å². The molecular weight excluding hydrogens is 137 g/mol. The summed E-state index contributed by atoms with van der Waals surface area (Å²) in [4.78, 5) is 9.60. The van der Waals surface area contributed by atoms with Gasteiger partial charge in [0.2, 0.25) is 0 Å². The lowest BCUT2D eigenvalue weighted by Crippen LogP contribution is -2.30. The largest absolute Gasteiger partial charge is 0.468 e. The van der Waals surface area contributed by atoms with Crippen LogP contribution in [0.2, 0.25) is 0 Å². The average molecular weight is 149 g/mol. The number of carbonyl (C=O) groups is 1. The molecule has 0 saturated carbocycles. The van der Waals surface area contributed by atoms with E-state index in [1.54, 1.807) is 0 Å². The van der Waals surface area contributed by atoms with E-state index < -0.39 is 12.2 Å². The molecule has 0 bridgehead atoms. The van der Waals surface area contributed by atoms with Crippen LogP contribution in [0.3, 0.4) is 0 Å². The average Bonchev–Trinajstić information content (AvgIpc) is 1.88. The third-order valence-electron chi connectivity index (χ3n) is 1.23. The van der Waals surface area contributed by atoms with Crippen LogP contribution in [-0.4, -0.2) is 25.3 Å². The second-order valence-corrected chi connectivity index (χ2v) is 2.10. The summed E-state index contributed by atoms with van der Waals surface area (Å²) in [5.41, 5.74) is 5.29. The van der Waals surface area contributed by atoms with Gasteiger partial charge in [-0.15, -0.1) is 0 Å². The van der Waals surface area contributed by atoms with E-state index in [0.29, 0.717) is 12.9 Å². The van der Waals surface area contributed by atoms with E-state index in [1.165, 1.54) is 6.92 Å². The van der Waals surface area contributed by atoms with Crippen molar-refractivity contribution in [3.8, 4) is 0 Å². The molecular formula is C6H12FNO2. The van der Waals surface area contributed by atoms with Crippen LogP contribution in [0.15, 0.2) is 0 Å². The maximum atomic E-state index is 12.3. The van der Waals surface area contributed by atoms with Crippen LogP contribution in [0.4, 0.5) is 4.39 Å². The number of nitrogens with two attached hydrogens (primary N) is 1. The molecule has 0 aliphatic rings. The molecule has 0 radical (unpaired) electrons. The number of halogens is 1. The summed E-state index contributed by atoms with van der Waals surface area (Å²) in [5, 5.41) is 0. The fourth-order valence-electron chi connectivity index (χ4n) is 0.482. The van der Waals surface area contributed by atoms with Gasteiger partial charge in [-0.3, -0.25) is 4.79 Å². The van der Waals surface area contributed by atoms with Gasteiger partial charge in [0, 0.05) is 6.04 Å². The van der Waals surface area contributed by atoms with Gasteiger partial charge in [0.15, 0.2) is 0 Å². The second kappa shape index (κ2) is 5.17. The molecule has 0 unspecified atom stereocenters. The molecule has 0 aliphatic carbocycles. The SMILES string of the molecule is C[C@@H](F)[C@@H](N)CCOC=O. The van der Waals surface area contributed by atoms with Gasteiger partial charge in [-0.2, -0.15) is 0 Å². The summed E-state index contributed by atoms with van der Waals surface area (Å²) >= 11 is 0. The lowest BCUT2D eigenvalue weighted by atomic mass is 10.1. The number of alkyl halides is 1. The van der Waals surface area contributed by atoms with E-state index in [-0.39, 0.29) is 6.61 Å². The standard InChI is InChI=1S/C6H12FNO2/c1-5(7)6(8)2-3-10-4-9/h4-6H,2-3,8H2,1H3/t5-,6+/m1/s1. The van der Waals surface area contributed by atoms with Crippen LogP contribution in [0.5, 0.6) is 0 Å². The fraction of sp³-hybridized carbons (Fsp3) is 0.833. The van der Waals surface area contributed by atoms with Crippen LogP contribution in [-0.2, 0) is 9.53 Å². The third-order valence-corrected chi connectivity index (χ3v) is 1.23. The first-order valence-corrected chi connectivity index (χ1v) is 3.13. The molecule has 0 amide bonds. The van der Waals surface area contributed by atoms with Gasteiger partial charge in [-0.1, -0.05) is 0 Å². The topological polar surface area (TPSA) is 52.3 Å². The van der Waals surface area contributed by atoms with E-state index >= 15 is 0 Å². The minimum atomic E-state index is -1.05. The highest BCUT2D eigenvalue weighted by atomic mass is 19.1. The van der Waals surface area contributed by atoms with Gasteiger partial charge < -0.3 is 10.5 Å². The molecule has 0 aromatic heterocycles. The molecule has 0 aliphatic heterocycles. The highest BCUT2D eigenvalue weighted by molar-refractivity contribution is 5.36. The number of hydrogen-bond acceptors (Lipinski definition) is 3. The van der Waals surface area contributed by atoms with Crippen molar-refractivity contribution in [1.29, 1.82) is 0 Å². The molecule has 60 valence electrons. The Morgan fingerprint density at radius 3 is 2.80 bits per heavy atom. The summed E-state index contributed by atoms with van der Waals surface area (Å²) in [6, 6.07) is -0.528. The second-order valence-electron chi connectivity index (χ2n) is 2.10. The Morgan fingerprint density at radius 2 is 2.40 bits per heavy atom. The molecule has 2 atom stereocenters. The lowest BCUT2D eigenvalue weighted by molar-refractivity contribution is -0.128. The predicted molar refractivity (Wildman–Crippen MR) is 35.2 cm³/mol. The summed E-state index contributed by atoms with van der Waals surface area (Å²) in [7, 11) is 0. The minimum absolute atomic E-state index is 0.193. The molecule has 4 heteroatoms. The van der Waals surface area contributed by atoms with Gasteiger partial charge in [0.25, 0.3) is 6.47 Å². The Labute approximate surface area is 59.3 Å². The highest BCUT2D eigenvalue weighted by Gasteiger charge is 2.09. The van der Waals surface area contributed by atoms with Crippen molar-refractivity contribution in [3.05, 3.63) is 0 Å². The fourth-order valence-corrected chi connectivity index (χ4v) is 0.482. The van der Waals surface area contributed by atoms with E-state index in [2.05, 4.69) is 4.74 Å². The summed E-state index contributed by atoms with van der Waals surface area (Å²) < 4.78 is 16.6. The molecule has 0 fully saturated rings. The Bertz CT molecular complexity index is 97.7. The molecule has 0 spiro atoms. The van der Waals surface area contributed by atoms with Gasteiger partial charge in [0.1, 0.15) is 6.17 Å². The zero-order valence-corrected chi connectivity index (χ0v) is 5.92. The first-order chi connectivity index (χ1) is 4.68. The zero-order chi connectivity index (χ0) is 7.98. The maximum Gasteiger partial charge on any atom is 0.293 e. The summed E-state index contributed by atoms with van der Waals surface area (Å²) in [6.45, 7) is 1.90. The van der Waals surface area contributed by atoms with Crippen molar-refractivity contribution >= 4 is 6.47 Å². The van der Waals surface area contributed by atoms with E-state index in [4.69, 9.17) is 5.73 Å². The van der Waals surface area contributed by atoms with Gasteiger partial charge in [-0.25, -0.2) is 4.39 Å². The van der Waals surface area contributed by atoms with Crippen molar-refractivity contribution in [1.82, 2.24) is 0 Å². The molecule has 2 N–H and O–H groups in total. The van der Waals surface area contributed by atoms with Crippen molar-refractivity contribution < 1.29 is 13.9 Å². The van der Waals surface area contributed by atoms with Gasteiger partial charge in [0.05, 0.1) is 6.61 Å². The van der Waals surface area contributed by atoms with Gasteiger partial charge in [-0.05, 0) is 13.3 Å². The monoisotopic (exact) mass is 149 g/mol. The Morgan fingerprint density at radius 1 is 1.80 bits per heavy atom. The Balaban J connectivity index is 3.21. The number of rotatable bonds is 5. The van der Waals surface area contributed by atoms with Crippen molar-refractivity contribution in [3.63, 3.8) is 0 Å². The van der Waals surface area contributed by atoms with Crippen LogP contribution < -0.4 is 5.73 Å². The Hall–Kier alpha value is -0.640. The molecule has 0 rings (SSSR count). The molecule has 0 heterocycles. The minimum Gasteiger partial charge on any atom is -0.468 e. The first-order valence-electron chi connectivity index (χ1n) is 3.13. The van der Waals surface area contributed by atoms with Crippen LogP contribution in [0.1, 0.15) is 13.3 Å². The zero-order valence-electron chi connectivity index (χ0n) is 5.92. The normalized spacial score (nSPS) is 15.9. The number of carbonyl (C=O) groups excluding carboxylic acids is 1. The Kier molecular flexibility index (Phi) is 4.84. The number of hydrogen-bond donors (Lipinski definition) is 1. The van der Waals surface area contributed by atoms with Crippen LogP contribution in [0, 0.1) is 0 Å². The molecule has 3 nitrogen and oxygen atoms in total. The quantitative estimate of drug-likeness (QED) is 0.450. The smallest absolute Gasteiger partial charge is 0.293 e. The maximum absolute atomic E-state index is 12.3. The van der Waals surface area contributed by atoms with Crippen molar-refractivity contribution in [2.45, 2.75) is 25.6 Å². The summed E-state index contributed by atoms with van der Waals surface area (Å²) in [5.74, 6) is 0. The van der Waals surface area contributed by atoms with E-state index in [1.807, 2.05) is 0 Å². The highest BCUT2D eigenvalue weighted by Crippen LogP contribution is 1.98. The van der Waals surface area contributed by atoms with Gasteiger partial charge >= 0.3 is 0 Å². The van der Waals surface area contributed by atoms with Crippen molar-refractivity contribution in [2.75, 3.05) is 6.61 Å². The van der Waals surface area contributed by atoms with Crippen LogP contribution >= 0.6 is 0 Å². The third kappa shape index (κ3) is 4.26. The lowest BCUT2D eigenvalue weighted by Gasteiger charge is -2.10. The predicted octanol–water partition coefficient (Wildman–Crippen LogP) is 0.235. The summed E-state index contributed by atoms with van der Waals surface area (Å²) in [6.07, 6.45) is -0.675. The molecule has 0 aromatic carbocycles. The molecule has 0 aromatic rings. The molecule has 0 saturated heterocycles.